The van der Waals surface area contributed by atoms with Gasteiger partial charge in [0.1, 0.15) is 0 Å². The molecule has 2 aliphatic carbocycles. The topological polar surface area (TPSA) is 48.9 Å². The highest BCUT2D eigenvalue weighted by Crippen LogP contribution is 2.56. The van der Waals surface area contributed by atoms with Crippen LogP contribution in [0.4, 0.5) is 0 Å². The van der Waals surface area contributed by atoms with Crippen molar-refractivity contribution in [2.24, 2.45) is 18.9 Å². The fourth-order valence-corrected chi connectivity index (χ4v) is 4.22. The summed E-state index contributed by atoms with van der Waals surface area (Å²) in [6.45, 7) is 0. The minimum absolute atomic E-state index is 0.0381. The average molecular weight is 293 g/mol. The van der Waals surface area contributed by atoms with Crippen LogP contribution in [0.1, 0.15) is 17.6 Å². The van der Waals surface area contributed by atoms with Crippen LogP contribution in [0.25, 0.3) is 5.57 Å². The van der Waals surface area contributed by atoms with Crippen LogP contribution in [0.5, 0.6) is 0 Å². The molecule has 5 heteroatoms. The molecule has 0 N–H and O–H groups in total. The molecule has 2 aliphatic heterocycles. The van der Waals surface area contributed by atoms with Crippen LogP contribution in [0, 0.1) is 11.8 Å². The Morgan fingerprint density at radius 2 is 1.55 bits per heavy atom. The molecule has 110 valence electrons. The lowest BCUT2D eigenvalue weighted by Gasteiger charge is -2.51. The normalized spacial score (nSPS) is 30.5. The Hall–Kier alpha value is -2.56. The third-order valence-electron chi connectivity index (χ3n) is 5.28. The third-order valence-corrected chi connectivity index (χ3v) is 5.28. The van der Waals surface area contributed by atoms with E-state index in [0.29, 0.717) is 5.92 Å². The van der Waals surface area contributed by atoms with E-state index < -0.39 is 0 Å². The molecule has 4 aliphatic rings. The van der Waals surface area contributed by atoms with Gasteiger partial charge in [-0.2, -0.15) is 0 Å². The van der Waals surface area contributed by atoms with Crippen molar-refractivity contribution in [2.45, 2.75) is 12.1 Å². The lowest BCUT2D eigenvalue weighted by molar-refractivity contribution is 0.147. The molecule has 0 radical (unpaired) electrons. The van der Waals surface area contributed by atoms with Crippen LogP contribution in [-0.4, -0.2) is 13.9 Å². The maximum Gasteiger partial charge on any atom is 0.347 e. The van der Waals surface area contributed by atoms with Gasteiger partial charge in [-0.3, -0.25) is 0 Å². The third kappa shape index (κ3) is 1.21. The zero-order valence-electron chi connectivity index (χ0n) is 12.1. The molecule has 5 nitrogen and oxygen atoms in total. The molecule has 0 amide bonds. The molecule has 3 heterocycles. The van der Waals surface area contributed by atoms with Crippen molar-refractivity contribution in [2.75, 3.05) is 0 Å². The van der Waals surface area contributed by atoms with Gasteiger partial charge in [-0.15, -0.1) is 0 Å². The molecule has 0 fully saturated rings. The van der Waals surface area contributed by atoms with Crippen molar-refractivity contribution >= 4 is 5.57 Å². The fourth-order valence-electron chi connectivity index (χ4n) is 4.22. The van der Waals surface area contributed by atoms with E-state index in [1.165, 1.54) is 15.7 Å². The molecule has 2 aromatic rings. The Morgan fingerprint density at radius 1 is 0.909 bits per heavy atom. The van der Waals surface area contributed by atoms with E-state index >= 15 is 0 Å². The highest BCUT2D eigenvalue weighted by Gasteiger charge is 2.51. The number of nitrogens with zero attached hydrogens (tertiary/aromatic N) is 3. The summed E-state index contributed by atoms with van der Waals surface area (Å²) in [5, 5.41) is 0. The summed E-state index contributed by atoms with van der Waals surface area (Å²) in [7, 11) is 1.55. The summed E-state index contributed by atoms with van der Waals surface area (Å²) in [6, 6.07) is 10.2. The number of hydrogen-bond donors (Lipinski definition) is 0. The lowest BCUT2D eigenvalue weighted by atomic mass is 9.62. The first-order valence-electron chi connectivity index (χ1n) is 7.54. The van der Waals surface area contributed by atoms with Gasteiger partial charge in [0.05, 0.1) is 12.1 Å². The largest absolute Gasteiger partial charge is 0.347 e. The van der Waals surface area contributed by atoms with E-state index in [4.69, 9.17) is 0 Å². The predicted octanol–water partition coefficient (Wildman–Crippen LogP) is 1.34. The molecule has 0 saturated heterocycles. The van der Waals surface area contributed by atoms with Crippen LogP contribution in [0.2, 0.25) is 0 Å². The lowest BCUT2D eigenvalue weighted by Crippen LogP contribution is -2.51. The number of aromatic nitrogens is 3. The number of benzene rings is 1. The van der Waals surface area contributed by atoms with Gasteiger partial charge >= 0.3 is 11.4 Å². The maximum atomic E-state index is 12.4. The SMILES string of the molecule is Cn1c(=O)n2n(c1=O)[C@H]1C=C[C@@H]2[C@H]2C=C(c3ccccc3)[C@@H]21. The first-order chi connectivity index (χ1) is 10.7. The number of allylic oxidation sites excluding steroid dienone is 4. The van der Waals surface area contributed by atoms with Gasteiger partial charge in [0, 0.05) is 18.9 Å². The Balaban J connectivity index is 1.69. The fraction of sp³-hybridized carbons (Fsp3) is 0.294. The van der Waals surface area contributed by atoms with Crippen molar-refractivity contribution in [3.63, 3.8) is 0 Å². The molecule has 6 rings (SSSR count). The van der Waals surface area contributed by atoms with Gasteiger partial charge < -0.3 is 0 Å². The van der Waals surface area contributed by atoms with Gasteiger partial charge in [-0.05, 0) is 11.1 Å². The van der Waals surface area contributed by atoms with Crippen molar-refractivity contribution < 1.29 is 0 Å². The average Bonchev–Trinajstić information content (AvgIpc) is 2.75. The van der Waals surface area contributed by atoms with Crippen molar-refractivity contribution in [1.82, 2.24) is 13.9 Å². The summed E-state index contributed by atoms with van der Waals surface area (Å²) in [5.74, 6) is 0.599. The molecule has 1 aromatic heterocycles. The Kier molecular flexibility index (Phi) is 2.08. The van der Waals surface area contributed by atoms with Crippen molar-refractivity contribution in [3.8, 4) is 0 Å². The van der Waals surface area contributed by atoms with E-state index in [-0.39, 0.29) is 29.4 Å². The standard InChI is InChI=1S/C17H15N3O2/c1-18-16(21)19-13-7-8-14(20(19)17(18)22)15-11(9-12(13)15)10-5-3-2-4-6-10/h2-9,12-15H,1H3/t12-,13-,14+,15+/m1/s1. The van der Waals surface area contributed by atoms with Crippen LogP contribution in [0.15, 0.2) is 58.1 Å². The van der Waals surface area contributed by atoms with E-state index in [0.717, 1.165) is 0 Å². The smallest absolute Gasteiger partial charge is 0.246 e. The van der Waals surface area contributed by atoms with E-state index in [1.807, 2.05) is 18.2 Å². The summed E-state index contributed by atoms with van der Waals surface area (Å²) in [4.78, 5) is 24.7. The monoisotopic (exact) mass is 293 g/mol. The Bertz CT molecular complexity index is 958. The molecule has 2 bridgehead atoms. The molecular weight excluding hydrogens is 278 g/mol. The van der Waals surface area contributed by atoms with Gasteiger partial charge in [-0.25, -0.2) is 23.5 Å². The summed E-state index contributed by atoms with van der Waals surface area (Å²) >= 11 is 0. The minimum Gasteiger partial charge on any atom is -0.246 e. The van der Waals surface area contributed by atoms with Crippen LogP contribution < -0.4 is 11.4 Å². The first kappa shape index (κ1) is 12.0. The predicted molar refractivity (Wildman–Crippen MR) is 82.5 cm³/mol. The van der Waals surface area contributed by atoms with Gasteiger partial charge in [-0.1, -0.05) is 48.6 Å². The summed E-state index contributed by atoms with van der Waals surface area (Å²) in [6.07, 6.45) is 6.42. The first-order valence-corrected chi connectivity index (χ1v) is 7.54. The number of hydrogen-bond acceptors (Lipinski definition) is 2. The van der Waals surface area contributed by atoms with E-state index in [9.17, 15) is 9.59 Å². The summed E-state index contributed by atoms with van der Waals surface area (Å²) < 4.78 is 4.48. The van der Waals surface area contributed by atoms with Gasteiger partial charge in [0.25, 0.3) is 0 Å². The molecule has 0 spiro atoms. The molecule has 1 aromatic carbocycles. The molecular formula is C17H15N3O2. The Morgan fingerprint density at radius 3 is 2.27 bits per heavy atom. The second-order valence-electron chi connectivity index (χ2n) is 6.27. The molecule has 0 unspecified atom stereocenters. The van der Waals surface area contributed by atoms with Crippen molar-refractivity contribution in [3.05, 3.63) is 75.1 Å². The quantitative estimate of drug-likeness (QED) is 0.745. The van der Waals surface area contributed by atoms with E-state index in [2.05, 4.69) is 30.4 Å². The van der Waals surface area contributed by atoms with Crippen LogP contribution in [0.3, 0.4) is 0 Å². The van der Waals surface area contributed by atoms with Crippen LogP contribution in [-0.2, 0) is 7.05 Å². The molecule has 0 saturated carbocycles. The highest BCUT2D eigenvalue weighted by atomic mass is 16.2. The zero-order valence-corrected chi connectivity index (χ0v) is 12.1. The summed E-state index contributed by atoms with van der Waals surface area (Å²) in [5.41, 5.74) is 2.06. The number of rotatable bonds is 1. The van der Waals surface area contributed by atoms with Gasteiger partial charge in [0.15, 0.2) is 0 Å². The second-order valence-corrected chi connectivity index (χ2v) is 6.27. The van der Waals surface area contributed by atoms with Gasteiger partial charge in [0.2, 0.25) is 0 Å². The molecule has 4 atom stereocenters. The minimum atomic E-state index is -0.220. The van der Waals surface area contributed by atoms with Crippen LogP contribution >= 0.6 is 0 Å². The Labute approximate surface area is 126 Å². The highest BCUT2D eigenvalue weighted by molar-refractivity contribution is 5.75. The van der Waals surface area contributed by atoms with Crippen molar-refractivity contribution in [1.29, 1.82) is 0 Å². The second kappa shape index (κ2) is 3.80. The zero-order chi connectivity index (χ0) is 15.0. The molecule has 22 heavy (non-hydrogen) atoms. The van der Waals surface area contributed by atoms with E-state index in [1.54, 1.807) is 16.4 Å². The maximum absolute atomic E-state index is 12.4.